The Bertz CT molecular complexity index is 233. The van der Waals surface area contributed by atoms with Crippen LogP contribution in [0.2, 0.25) is 24.2 Å². The van der Waals surface area contributed by atoms with Gasteiger partial charge in [0.2, 0.25) is 0 Å². The highest BCUT2D eigenvalue weighted by Crippen LogP contribution is 2.26. The summed E-state index contributed by atoms with van der Waals surface area (Å²) >= 11 is 0. The Balaban J connectivity index is 2.28. The molecular weight excluding hydrogens is 213 g/mol. The van der Waals surface area contributed by atoms with E-state index in [0.717, 1.165) is 6.54 Å². The highest BCUT2D eigenvalue weighted by Gasteiger charge is 2.26. The zero-order chi connectivity index (χ0) is 12.0. The molecule has 0 N–H and O–H groups in total. The van der Waals surface area contributed by atoms with Crippen molar-refractivity contribution >= 4 is 15.3 Å². The summed E-state index contributed by atoms with van der Waals surface area (Å²) in [6.45, 7) is 11.6. The van der Waals surface area contributed by atoms with E-state index in [1.165, 1.54) is 37.1 Å². The molecule has 0 fully saturated rings. The first-order chi connectivity index (χ1) is 7.65. The van der Waals surface area contributed by atoms with Gasteiger partial charge in [0.15, 0.2) is 0 Å². The summed E-state index contributed by atoms with van der Waals surface area (Å²) in [7, 11) is 1.04. The van der Waals surface area contributed by atoms with Crippen LogP contribution in [0.4, 0.5) is 0 Å². The van der Waals surface area contributed by atoms with Crippen molar-refractivity contribution in [1.29, 1.82) is 0 Å². The molecule has 0 bridgehead atoms. The molecule has 0 saturated heterocycles. The molecule has 0 aromatic heterocycles. The Morgan fingerprint density at radius 3 is 2.31 bits per heavy atom. The average molecular weight is 240 g/mol. The summed E-state index contributed by atoms with van der Waals surface area (Å²) in [5.41, 5.74) is 0. The van der Waals surface area contributed by atoms with Crippen molar-refractivity contribution in [2.45, 2.75) is 64.4 Å². The topological polar surface area (TPSA) is 12.2 Å². The largest absolute Gasteiger partial charge is 0.715 e. The van der Waals surface area contributed by atoms with E-state index in [1.807, 2.05) is 7.27 Å². The fraction of sp³-hybridized carbons (Fsp3) is 1.00. The van der Waals surface area contributed by atoms with Gasteiger partial charge < -0.3 is 9.13 Å². The van der Waals surface area contributed by atoms with Crippen LogP contribution in [0, 0.1) is 0 Å². The molecular formula is C12H27BNOSi. The van der Waals surface area contributed by atoms with Crippen molar-refractivity contribution in [3.8, 4) is 0 Å². The summed E-state index contributed by atoms with van der Waals surface area (Å²) in [6.07, 6.45) is 1.75. The molecule has 1 heterocycles. The van der Waals surface area contributed by atoms with Crippen LogP contribution in [0.3, 0.4) is 0 Å². The molecule has 16 heavy (non-hydrogen) atoms. The third kappa shape index (κ3) is 3.72. The predicted octanol–water partition coefficient (Wildman–Crippen LogP) is 3.12. The Morgan fingerprint density at radius 1 is 1.25 bits per heavy atom. The average Bonchev–Trinajstić information content (AvgIpc) is 2.71. The fourth-order valence-corrected chi connectivity index (χ4v) is 6.16. The van der Waals surface area contributed by atoms with Crippen LogP contribution >= 0.6 is 0 Å². The maximum absolute atomic E-state index is 5.44. The van der Waals surface area contributed by atoms with Crippen LogP contribution in [0.25, 0.3) is 0 Å². The third-order valence-electron chi connectivity index (χ3n) is 4.34. The van der Waals surface area contributed by atoms with Crippen molar-refractivity contribution in [2.24, 2.45) is 0 Å². The lowest BCUT2D eigenvalue weighted by molar-refractivity contribution is -0.508. The van der Waals surface area contributed by atoms with Crippen LogP contribution in [0.5, 0.6) is 0 Å². The first kappa shape index (κ1) is 13.9. The monoisotopic (exact) mass is 240 g/mol. The molecule has 0 aliphatic carbocycles. The van der Waals surface area contributed by atoms with Crippen LogP contribution in [-0.4, -0.2) is 39.0 Å². The molecule has 4 heteroatoms. The molecule has 0 unspecified atom stereocenters. The smallest absolute Gasteiger partial charge is 0.292 e. The molecule has 1 rings (SSSR count). The van der Waals surface area contributed by atoms with Gasteiger partial charge in [-0.05, 0) is 13.3 Å². The van der Waals surface area contributed by atoms with Gasteiger partial charge in [0, 0.05) is 0 Å². The first-order valence-corrected chi connectivity index (χ1v) is 9.71. The molecule has 0 aromatic rings. The minimum Gasteiger partial charge on any atom is -0.715 e. The minimum atomic E-state index is -0.888. The molecule has 1 aliphatic heterocycles. The Labute approximate surface area is 102 Å². The van der Waals surface area contributed by atoms with Crippen molar-refractivity contribution < 1.29 is 9.13 Å². The summed E-state index contributed by atoms with van der Waals surface area (Å²) in [5.74, 6) is 0. The summed E-state index contributed by atoms with van der Waals surface area (Å²) in [4.78, 5) is 0. The minimum absolute atomic E-state index is 0.394. The van der Waals surface area contributed by atoms with E-state index in [0.29, 0.717) is 6.10 Å². The van der Waals surface area contributed by atoms with E-state index in [9.17, 15) is 0 Å². The Kier molecular flexibility index (Phi) is 5.73. The molecule has 0 spiro atoms. The van der Waals surface area contributed by atoms with E-state index in [4.69, 9.17) is 4.65 Å². The summed E-state index contributed by atoms with van der Waals surface area (Å²) < 4.78 is 7.78. The second kappa shape index (κ2) is 6.58. The van der Waals surface area contributed by atoms with Gasteiger partial charge in [-0.15, -0.1) is 0 Å². The second-order valence-electron chi connectivity index (χ2n) is 5.21. The summed E-state index contributed by atoms with van der Waals surface area (Å²) in [5, 5.41) is 0. The predicted molar refractivity (Wildman–Crippen MR) is 72.9 cm³/mol. The molecule has 0 amide bonds. The number of hydrogen-bond acceptors (Lipinski definition) is 1. The number of nitrogens with zero attached hydrogens (tertiary/aromatic N) is 1. The van der Waals surface area contributed by atoms with Gasteiger partial charge in [-0.1, -0.05) is 44.9 Å². The lowest BCUT2D eigenvalue weighted by atomic mass is 10.3. The van der Waals surface area contributed by atoms with Crippen molar-refractivity contribution in [3.05, 3.63) is 0 Å². The standard InChI is InChI=1S/C12H27BNOSi/c1-5-16(6-2,7-3)10-8-9-14-11-12(4)15-13-14/h12H,5-11H2,1-4H3/t12-/m0/s1. The van der Waals surface area contributed by atoms with E-state index in [2.05, 4.69) is 32.2 Å². The van der Waals surface area contributed by atoms with E-state index >= 15 is 0 Å². The van der Waals surface area contributed by atoms with Crippen LogP contribution in [-0.2, 0) is 4.65 Å². The number of rotatable bonds is 7. The van der Waals surface area contributed by atoms with Crippen LogP contribution in [0.15, 0.2) is 0 Å². The molecule has 1 aliphatic rings. The Hall–Kier alpha value is -0.118. The summed E-state index contributed by atoms with van der Waals surface area (Å²) in [6, 6.07) is 5.86. The van der Waals surface area contributed by atoms with Crippen molar-refractivity contribution in [2.75, 3.05) is 13.1 Å². The highest BCUT2D eigenvalue weighted by molar-refractivity contribution is 6.79. The van der Waals surface area contributed by atoms with Gasteiger partial charge in [-0.3, -0.25) is 0 Å². The normalized spacial score (nSPS) is 20.8. The molecule has 0 aromatic carbocycles. The highest BCUT2D eigenvalue weighted by atomic mass is 28.3. The van der Waals surface area contributed by atoms with E-state index in [-0.39, 0.29) is 0 Å². The molecule has 0 saturated carbocycles. The molecule has 2 nitrogen and oxygen atoms in total. The number of hydrogen-bond donors (Lipinski definition) is 0. The Morgan fingerprint density at radius 2 is 1.88 bits per heavy atom. The van der Waals surface area contributed by atoms with Gasteiger partial charge >= 0.3 is 0 Å². The molecule has 1 radical (unpaired) electrons. The van der Waals surface area contributed by atoms with Gasteiger partial charge in [-0.25, -0.2) is 0 Å². The second-order valence-corrected chi connectivity index (χ2v) is 10.8. The SMILES string of the molecule is CC[Si](CC)(CC)CCC[N+]1=[B-]O[C@@H](C)C1. The lowest BCUT2D eigenvalue weighted by Gasteiger charge is -2.28. The molecule has 93 valence electrons. The van der Waals surface area contributed by atoms with Gasteiger partial charge in [0.05, 0.1) is 20.7 Å². The van der Waals surface area contributed by atoms with Crippen molar-refractivity contribution in [1.82, 2.24) is 0 Å². The van der Waals surface area contributed by atoms with Crippen molar-refractivity contribution in [3.63, 3.8) is 0 Å². The molecule has 1 atom stereocenters. The quantitative estimate of drug-likeness (QED) is 0.623. The maximum atomic E-state index is 5.44. The lowest BCUT2D eigenvalue weighted by Crippen LogP contribution is -2.32. The fourth-order valence-electron chi connectivity index (χ4n) is 2.69. The zero-order valence-corrected chi connectivity index (χ0v) is 12.5. The van der Waals surface area contributed by atoms with Crippen LogP contribution in [0.1, 0.15) is 34.1 Å². The van der Waals surface area contributed by atoms with Gasteiger partial charge in [0.1, 0.15) is 6.54 Å². The maximum Gasteiger partial charge on any atom is 0.292 e. The van der Waals surface area contributed by atoms with Crippen LogP contribution < -0.4 is 0 Å². The van der Waals surface area contributed by atoms with E-state index in [1.54, 1.807) is 0 Å². The van der Waals surface area contributed by atoms with Gasteiger partial charge in [0.25, 0.3) is 7.27 Å². The third-order valence-corrected chi connectivity index (χ3v) is 10.3. The van der Waals surface area contributed by atoms with E-state index < -0.39 is 8.07 Å². The zero-order valence-electron chi connectivity index (χ0n) is 11.5. The van der Waals surface area contributed by atoms with Gasteiger partial charge in [-0.2, -0.15) is 0 Å². The first-order valence-electron chi connectivity index (χ1n) is 6.88.